The molecule has 1 atom stereocenters. The van der Waals surface area contributed by atoms with Crippen LogP contribution in [0, 0.1) is 5.92 Å². The third-order valence-corrected chi connectivity index (χ3v) is 4.68. The molecule has 5 nitrogen and oxygen atoms in total. The molecule has 1 saturated carbocycles. The highest BCUT2D eigenvalue weighted by Gasteiger charge is 2.42. The van der Waals surface area contributed by atoms with Crippen LogP contribution in [0.2, 0.25) is 5.02 Å². The Kier molecular flexibility index (Phi) is 4.19. The van der Waals surface area contributed by atoms with Crippen LogP contribution < -0.4 is 15.0 Å². The van der Waals surface area contributed by atoms with Crippen LogP contribution >= 0.6 is 11.6 Å². The third kappa shape index (κ3) is 3.15. The van der Waals surface area contributed by atoms with Crippen molar-refractivity contribution in [2.24, 2.45) is 5.92 Å². The SMILES string of the molecule is CC(CO)(NC(=O)CN1CCOc2ccc(Cl)cc21)C1CC1. The normalized spacial score (nSPS) is 19.9. The van der Waals surface area contributed by atoms with E-state index in [0.717, 1.165) is 24.3 Å². The van der Waals surface area contributed by atoms with E-state index in [-0.39, 0.29) is 19.1 Å². The molecular formula is C16H21ClN2O3. The second-order valence-electron chi connectivity index (χ2n) is 6.28. The summed E-state index contributed by atoms with van der Waals surface area (Å²) in [5, 5.41) is 13.2. The van der Waals surface area contributed by atoms with Gasteiger partial charge in [-0.2, -0.15) is 0 Å². The number of hydrogen-bond donors (Lipinski definition) is 2. The van der Waals surface area contributed by atoms with Gasteiger partial charge in [0, 0.05) is 5.02 Å². The van der Waals surface area contributed by atoms with Gasteiger partial charge in [0.15, 0.2) is 0 Å². The number of halogens is 1. The van der Waals surface area contributed by atoms with Crippen LogP contribution in [0.5, 0.6) is 5.75 Å². The molecular weight excluding hydrogens is 304 g/mol. The van der Waals surface area contributed by atoms with Gasteiger partial charge < -0.3 is 20.1 Å². The zero-order chi connectivity index (χ0) is 15.7. The largest absolute Gasteiger partial charge is 0.490 e. The average molecular weight is 325 g/mol. The summed E-state index contributed by atoms with van der Waals surface area (Å²) in [5.74, 6) is 1.04. The number of amides is 1. The first-order valence-corrected chi connectivity index (χ1v) is 7.99. The van der Waals surface area contributed by atoms with Crippen molar-refractivity contribution in [1.29, 1.82) is 0 Å². The molecule has 0 aromatic heterocycles. The number of nitrogens with zero attached hydrogens (tertiary/aromatic N) is 1. The zero-order valence-electron chi connectivity index (χ0n) is 12.6. The molecule has 1 amide bonds. The van der Waals surface area contributed by atoms with Gasteiger partial charge in [0.25, 0.3) is 0 Å². The number of aliphatic hydroxyl groups excluding tert-OH is 1. The van der Waals surface area contributed by atoms with Crippen molar-refractivity contribution in [3.8, 4) is 5.75 Å². The lowest BCUT2D eigenvalue weighted by atomic mass is 9.97. The molecule has 2 aliphatic rings. The van der Waals surface area contributed by atoms with Crippen LogP contribution in [0.15, 0.2) is 18.2 Å². The first-order chi connectivity index (χ1) is 10.5. The second kappa shape index (κ2) is 5.97. The molecule has 6 heteroatoms. The minimum atomic E-state index is -0.513. The number of nitrogens with one attached hydrogen (secondary N) is 1. The Balaban J connectivity index is 1.69. The van der Waals surface area contributed by atoms with Gasteiger partial charge >= 0.3 is 0 Å². The molecule has 2 N–H and O–H groups in total. The number of ether oxygens (including phenoxy) is 1. The fourth-order valence-corrected chi connectivity index (χ4v) is 3.10. The molecule has 0 bridgehead atoms. The summed E-state index contributed by atoms with van der Waals surface area (Å²) < 4.78 is 5.59. The van der Waals surface area contributed by atoms with Crippen molar-refractivity contribution in [2.75, 3.05) is 31.2 Å². The van der Waals surface area contributed by atoms with E-state index in [4.69, 9.17) is 16.3 Å². The van der Waals surface area contributed by atoms with E-state index in [1.807, 2.05) is 24.0 Å². The lowest BCUT2D eigenvalue weighted by Gasteiger charge is -2.33. The van der Waals surface area contributed by atoms with Crippen molar-refractivity contribution in [3.05, 3.63) is 23.2 Å². The molecule has 1 unspecified atom stereocenters. The Morgan fingerprint density at radius 3 is 3.00 bits per heavy atom. The van der Waals surface area contributed by atoms with Gasteiger partial charge in [-0.3, -0.25) is 4.79 Å². The second-order valence-corrected chi connectivity index (χ2v) is 6.72. The van der Waals surface area contributed by atoms with Gasteiger partial charge in [0.2, 0.25) is 5.91 Å². The molecule has 1 heterocycles. The van der Waals surface area contributed by atoms with Crippen LogP contribution in [-0.2, 0) is 4.79 Å². The first-order valence-electron chi connectivity index (χ1n) is 7.61. The summed E-state index contributed by atoms with van der Waals surface area (Å²) in [6.45, 7) is 3.29. The summed E-state index contributed by atoms with van der Waals surface area (Å²) in [4.78, 5) is 14.3. The van der Waals surface area contributed by atoms with E-state index >= 15 is 0 Å². The minimum absolute atomic E-state index is 0.0328. The van der Waals surface area contributed by atoms with Crippen molar-refractivity contribution >= 4 is 23.2 Å². The number of carbonyl (C=O) groups excluding carboxylic acids is 1. The molecule has 3 rings (SSSR count). The van der Waals surface area contributed by atoms with Crippen LogP contribution in [0.25, 0.3) is 0 Å². The number of fused-ring (bicyclic) bond motifs is 1. The molecule has 0 radical (unpaired) electrons. The van der Waals surface area contributed by atoms with Gasteiger partial charge in [-0.05, 0) is 43.9 Å². The summed E-state index contributed by atoms with van der Waals surface area (Å²) in [6.07, 6.45) is 2.13. The number of rotatable bonds is 5. The van der Waals surface area contributed by atoms with E-state index in [0.29, 0.717) is 24.1 Å². The van der Waals surface area contributed by atoms with Gasteiger partial charge in [-0.15, -0.1) is 0 Å². The summed E-state index contributed by atoms with van der Waals surface area (Å²) in [5.41, 5.74) is 0.326. The number of anilines is 1. The topological polar surface area (TPSA) is 61.8 Å². The predicted molar refractivity (Wildman–Crippen MR) is 85.5 cm³/mol. The number of hydrogen-bond acceptors (Lipinski definition) is 4. The smallest absolute Gasteiger partial charge is 0.240 e. The Morgan fingerprint density at radius 1 is 1.55 bits per heavy atom. The number of aliphatic hydroxyl groups is 1. The van der Waals surface area contributed by atoms with Crippen molar-refractivity contribution < 1.29 is 14.6 Å². The standard InChI is InChI=1S/C16H21ClN2O3/c1-16(10-20,11-2-3-11)18-15(21)9-19-6-7-22-14-5-4-12(17)8-13(14)19/h4-5,8,11,20H,2-3,6-7,9-10H2,1H3,(H,18,21). The van der Waals surface area contributed by atoms with Crippen molar-refractivity contribution in [3.63, 3.8) is 0 Å². The van der Waals surface area contributed by atoms with Crippen molar-refractivity contribution in [1.82, 2.24) is 5.32 Å². The van der Waals surface area contributed by atoms with Gasteiger partial charge in [0.05, 0.1) is 30.9 Å². The molecule has 22 heavy (non-hydrogen) atoms. The molecule has 120 valence electrons. The van der Waals surface area contributed by atoms with Crippen LogP contribution in [0.4, 0.5) is 5.69 Å². The lowest BCUT2D eigenvalue weighted by molar-refractivity contribution is -0.122. The van der Waals surface area contributed by atoms with Gasteiger partial charge in [0.1, 0.15) is 12.4 Å². The number of benzene rings is 1. The molecule has 1 aliphatic heterocycles. The predicted octanol–water partition coefficient (Wildman–Crippen LogP) is 1.82. The fourth-order valence-electron chi connectivity index (χ4n) is 2.93. The highest BCUT2D eigenvalue weighted by Crippen LogP contribution is 2.39. The van der Waals surface area contributed by atoms with Gasteiger partial charge in [-0.25, -0.2) is 0 Å². The van der Waals surface area contributed by atoms with Crippen LogP contribution in [0.1, 0.15) is 19.8 Å². The maximum atomic E-state index is 12.4. The average Bonchev–Trinajstić information content (AvgIpc) is 3.33. The van der Waals surface area contributed by atoms with E-state index in [9.17, 15) is 9.90 Å². The maximum absolute atomic E-state index is 12.4. The molecule has 0 saturated heterocycles. The fraction of sp³-hybridized carbons (Fsp3) is 0.562. The van der Waals surface area contributed by atoms with E-state index < -0.39 is 5.54 Å². The minimum Gasteiger partial charge on any atom is -0.490 e. The molecule has 1 aromatic carbocycles. The lowest BCUT2D eigenvalue weighted by Crippen LogP contribution is -2.54. The highest BCUT2D eigenvalue weighted by molar-refractivity contribution is 6.31. The van der Waals surface area contributed by atoms with Crippen LogP contribution in [0.3, 0.4) is 0 Å². The Bertz CT molecular complexity index is 577. The Hall–Kier alpha value is -1.46. The molecule has 1 aliphatic carbocycles. The summed E-state index contributed by atoms with van der Waals surface area (Å²) >= 11 is 6.04. The number of carbonyl (C=O) groups is 1. The van der Waals surface area contributed by atoms with Gasteiger partial charge in [-0.1, -0.05) is 11.6 Å². The first kappa shape index (κ1) is 15.4. The molecule has 0 spiro atoms. The summed E-state index contributed by atoms with van der Waals surface area (Å²) in [6, 6.07) is 5.42. The van der Waals surface area contributed by atoms with Crippen LogP contribution in [-0.4, -0.2) is 42.9 Å². The maximum Gasteiger partial charge on any atom is 0.240 e. The van der Waals surface area contributed by atoms with E-state index in [1.54, 1.807) is 6.07 Å². The van der Waals surface area contributed by atoms with E-state index in [1.165, 1.54) is 0 Å². The van der Waals surface area contributed by atoms with E-state index in [2.05, 4.69) is 5.32 Å². The zero-order valence-corrected chi connectivity index (χ0v) is 13.4. The summed E-state index contributed by atoms with van der Waals surface area (Å²) in [7, 11) is 0. The molecule has 1 aromatic rings. The third-order valence-electron chi connectivity index (χ3n) is 4.45. The Labute approximate surface area is 135 Å². The molecule has 1 fully saturated rings. The highest BCUT2D eigenvalue weighted by atomic mass is 35.5. The quantitative estimate of drug-likeness (QED) is 0.867. The van der Waals surface area contributed by atoms with Crippen molar-refractivity contribution in [2.45, 2.75) is 25.3 Å². The Morgan fingerprint density at radius 2 is 2.32 bits per heavy atom. The monoisotopic (exact) mass is 324 g/mol.